The van der Waals surface area contributed by atoms with Gasteiger partial charge < -0.3 is 0 Å². The fourth-order valence-corrected chi connectivity index (χ4v) is 2.75. The van der Waals surface area contributed by atoms with Crippen molar-refractivity contribution < 1.29 is 0 Å². The van der Waals surface area contributed by atoms with Gasteiger partial charge in [0.1, 0.15) is 0 Å². The Kier molecular flexibility index (Phi) is 3.39. The van der Waals surface area contributed by atoms with Gasteiger partial charge in [-0.15, -0.1) is 0 Å². The van der Waals surface area contributed by atoms with Crippen LogP contribution in [0.3, 0.4) is 0 Å². The van der Waals surface area contributed by atoms with Crippen molar-refractivity contribution in [3.8, 4) is 0 Å². The summed E-state index contributed by atoms with van der Waals surface area (Å²) in [7, 11) is 0. The average Bonchev–Trinajstić information content (AvgIpc) is 2.29. The summed E-state index contributed by atoms with van der Waals surface area (Å²) < 4.78 is 0. The van der Waals surface area contributed by atoms with E-state index >= 15 is 0 Å². The van der Waals surface area contributed by atoms with Crippen molar-refractivity contribution in [3.63, 3.8) is 0 Å². The summed E-state index contributed by atoms with van der Waals surface area (Å²) in [6.07, 6.45) is 4.94. The molecule has 1 aromatic carbocycles. The van der Waals surface area contributed by atoms with Gasteiger partial charge in [-0.3, -0.25) is 11.3 Å². The summed E-state index contributed by atoms with van der Waals surface area (Å²) >= 11 is 0. The average molecular weight is 204 g/mol. The fourth-order valence-electron chi connectivity index (χ4n) is 2.75. The smallest absolute Gasteiger partial charge is 0.0166 e. The first-order valence-corrected chi connectivity index (χ1v) is 5.91. The molecular formula is C13H20N2. The Balaban J connectivity index is 2.38. The van der Waals surface area contributed by atoms with Crippen LogP contribution in [0.25, 0.3) is 0 Å². The lowest BCUT2D eigenvalue weighted by Gasteiger charge is -2.27. The molecule has 2 nitrogen and oxygen atoms in total. The number of nitrogens with one attached hydrogen (secondary N) is 1. The molecule has 0 saturated heterocycles. The molecule has 0 bridgehead atoms. The Labute approximate surface area is 91.8 Å². The van der Waals surface area contributed by atoms with Crippen LogP contribution in [-0.2, 0) is 12.8 Å². The van der Waals surface area contributed by atoms with Crippen molar-refractivity contribution in [2.75, 3.05) is 6.54 Å². The van der Waals surface area contributed by atoms with Crippen molar-refractivity contribution >= 4 is 0 Å². The van der Waals surface area contributed by atoms with Crippen molar-refractivity contribution in [1.29, 1.82) is 0 Å². The van der Waals surface area contributed by atoms with Crippen LogP contribution in [0, 0.1) is 0 Å². The van der Waals surface area contributed by atoms with Gasteiger partial charge >= 0.3 is 0 Å². The maximum absolute atomic E-state index is 5.46. The molecule has 1 aliphatic carbocycles. The van der Waals surface area contributed by atoms with Gasteiger partial charge in [-0.2, -0.15) is 0 Å². The highest BCUT2D eigenvalue weighted by Crippen LogP contribution is 2.33. The van der Waals surface area contributed by atoms with E-state index in [-0.39, 0.29) is 0 Å². The molecule has 0 aromatic heterocycles. The van der Waals surface area contributed by atoms with Gasteiger partial charge in [-0.25, -0.2) is 0 Å². The van der Waals surface area contributed by atoms with E-state index in [1.807, 2.05) is 0 Å². The van der Waals surface area contributed by atoms with Crippen molar-refractivity contribution in [2.45, 2.75) is 38.5 Å². The summed E-state index contributed by atoms with van der Waals surface area (Å²) in [5.74, 6) is 6.08. The minimum atomic E-state index is 0.620. The lowest BCUT2D eigenvalue weighted by atomic mass is 9.79. The van der Waals surface area contributed by atoms with E-state index in [0.29, 0.717) is 5.92 Å². The molecule has 2 heteroatoms. The predicted octanol–water partition coefficient (Wildman–Crippen LogP) is 2.13. The molecule has 1 aromatic rings. The Morgan fingerprint density at radius 2 is 2.33 bits per heavy atom. The summed E-state index contributed by atoms with van der Waals surface area (Å²) in [6.45, 7) is 3.14. The molecule has 2 rings (SSSR count). The molecule has 0 aliphatic heterocycles. The zero-order chi connectivity index (χ0) is 10.7. The number of fused-ring (bicyclic) bond motifs is 1. The molecule has 0 radical (unpaired) electrons. The van der Waals surface area contributed by atoms with Gasteiger partial charge in [0, 0.05) is 6.54 Å². The maximum atomic E-state index is 5.46. The van der Waals surface area contributed by atoms with Gasteiger partial charge in [0.05, 0.1) is 0 Å². The van der Waals surface area contributed by atoms with Crippen LogP contribution in [0.4, 0.5) is 0 Å². The normalized spacial score (nSPS) is 20.0. The molecule has 15 heavy (non-hydrogen) atoms. The molecule has 1 unspecified atom stereocenters. The highest BCUT2D eigenvalue weighted by atomic mass is 15.2. The second-order valence-corrected chi connectivity index (χ2v) is 4.34. The Bertz CT molecular complexity index is 319. The van der Waals surface area contributed by atoms with Crippen LogP contribution in [0.15, 0.2) is 18.2 Å². The largest absolute Gasteiger partial charge is 0.271 e. The third-order valence-corrected chi connectivity index (χ3v) is 3.44. The summed E-state index contributed by atoms with van der Waals surface area (Å²) in [6, 6.07) is 6.72. The highest BCUT2D eigenvalue weighted by molar-refractivity contribution is 5.40. The van der Waals surface area contributed by atoms with E-state index < -0.39 is 0 Å². The van der Waals surface area contributed by atoms with Gasteiger partial charge in [-0.05, 0) is 48.3 Å². The number of nitrogens with two attached hydrogens (primary N) is 1. The third kappa shape index (κ3) is 2.06. The van der Waals surface area contributed by atoms with E-state index in [2.05, 4.69) is 30.5 Å². The molecule has 1 aliphatic rings. The number of rotatable bonds is 3. The first kappa shape index (κ1) is 10.7. The number of benzene rings is 1. The minimum absolute atomic E-state index is 0.620. The summed E-state index contributed by atoms with van der Waals surface area (Å²) in [4.78, 5) is 0. The highest BCUT2D eigenvalue weighted by Gasteiger charge is 2.21. The lowest BCUT2D eigenvalue weighted by Crippen LogP contribution is -2.30. The number of hydrogen-bond donors (Lipinski definition) is 2. The molecule has 82 valence electrons. The van der Waals surface area contributed by atoms with Crippen LogP contribution in [-0.4, -0.2) is 6.54 Å². The molecule has 0 fully saturated rings. The quantitative estimate of drug-likeness (QED) is 0.584. The van der Waals surface area contributed by atoms with Crippen molar-refractivity contribution in [1.82, 2.24) is 5.43 Å². The van der Waals surface area contributed by atoms with Crippen LogP contribution < -0.4 is 11.3 Å². The molecular weight excluding hydrogens is 184 g/mol. The van der Waals surface area contributed by atoms with Crippen molar-refractivity contribution in [2.24, 2.45) is 5.84 Å². The Hall–Kier alpha value is -0.860. The number of hydrogen-bond acceptors (Lipinski definition) is 2. The van der Waals surface area contributed by atoms with Crippen LogP contribution in [0.5, 0.6) is 0 Å². The monoisotopic (exact) mass is 204 g/mol. The zero-order valence-corrected chi connectivity index (χ0v) is 9.42. The zero-order valence-electron chi connectivity index (χ0n) is 9.42. The van der Waals surface area contributed by atoms with E-state index in [1.165, 1.54) is 24.8 Å². The van der Waals surface area contributed by atoms with Crippen LogP contribution in [0.2, 0.25) is 0 Å². The number of hydrazine groups is 1. The molecule has 0 heterocycles. The van der Waals surface area contributed by atoms with Gasteiger partial charge in [0.25, 0.3) is 0 Å². The second-order valence-electron chi connectivity index (χ2n) is 4.34. The van der Waals surface area contributed by atoms with Crippen LogP contribution >= 0.6 is 0 Å². The standard InChI is InChI=1S/C13H20N2/c1-2-10-5-3-6-11-7-4-8-12(9-15-14)13(10)11/h3,5-6,12,15H,2,4,7-9,14H2,1H3. The third-order valence-electron chi connectivity index (χ3n) is 3.44. The van der Waals surface area contributed by atoms with Crippen molar-refractivity contribution in [3.05, 3.63) is 34.9 Å². The van der Waals surface area contributed by atoms with E-state index in [4.69, 9.17) is 5.84 Å². The molecule has 0 spiro atoms. The van der Waals surface area contributed by atoms with Gasteiger partial charge in [-0.1, -0.05) is 25.1 Å². The second kappa shape index (κ2) is 4.77. The first-order valence-electron chi connectivity index (χ1n) is 5.91. The Morgan fingerprint density at radius 3 is 3.07 bits per heavy atom. The molecule has 0 saturated carbocycles. The van der Waals surface area contributed by atoms with E-state index in [9.17, 15) is 0 Å². The maximum Gasteiger partial charge on any atom is 0.0166 e. The van der Waals surface area contributed by atoms with Gasteiger partial charge in [0.2, 0.25) is 0 Å². The lowest BCUT2D eigenvalue weighted by molar-refractivity contribution is 0.512. The topological polar surface area (TPSA) is 38.0 Å². The molecule has 3 N–H and O–H groups in total. The predicted molar refractivity (Wildman–Crippen MR) is 63.7 cm³/mol. The minimum Gasteiger partial charge on any atom is -0.271 e. The van der Waals surface area contributed by atoms with Gasteiger partial charge in [0.15, 0.2) is 0 Å². The molecule has 0 amide bonds. The first-order chi connectivity index (χ1) is 7.36. The Morgan fingerprint density at radius 1 is 1.47 bits per heavy atom. The van der Waals surface area contributed by atoms with E-state index in [1.54, 1.807) is 11.1 Å². The summed E-state index contributed by atoms with van der Waals surface area (Å²) in [5.41, 5.74) is 7.45. The van der Waals surface area contributed by atoms with Crippen LogP contribution in [0.1, 0.15) is 42.4 Å². The van der Waals surface area contributed by atoms with E-state index in [0.717, 1.165) is 13.0 Å². The fraction of sp³-hybridized carbons (Fsp3) is 0.538. The SMILES string of the molecule is CCc1cccc2c1C(CNN)CCC2. The molecule has 1 atom stereocenters. The summed E-state index contributed by atoms with van der Waals surface area (Å²) in [5, 5.41) is 0. The number of aryl methyl sites for hydroxylation is 2.